The number of aromatic nitrogens is 1. The molecule has 2 heterocycles. The van der Waals surface area contributed by atoms with Gasteiger partial charge >= 0.3 is 12.1 Å². The van der Waals surface area contributed by atoms with Crippen molar-refractivity contribution in [2.45, 2.75) is 26.4 Å². The van der Waals surface area contributed by atoms with Crippen LogP contribution in [0.2, 0.25) is 0 Å². The first-order chi connectivity index (χ1) is 10.3. The second-order valence-corrected chi connectivity index (χ2v) is 6.13. The smallest absolute Gasteiger partial charge is 0.410 e. The predicted molar refractivity (Wildman–Crippen MR) is 81.2 cm³/mol. The average Bonchev–Trinajstić information content (AvgIpc) is 2.45. The van der Waals surface area contributed by atoms with Gasteiger partial charge in [0.15, 0.2) is 5.69 Å². The van der Waals surface area contributed by atoms with Crippen molar-refractivity contribution in [1.82, 2.24) is 9.88 Å². The Labute approximate surface area is 129 Å². The molecule has 1 aromatic rings. The lowest BCUT2D eigenvalue weighted by Crippen LogP contribution is -2.50. The number of carboxylic acids is 1. The van der Waals surface area contributed by atoms with Gasteiger partial charge in [0, 0.05) is 32.4 Å². The first-order valence-electron chi connectivity index (χ1n) is 7.19. The molecule has 22 heavy (non-hydrogen) atoms. The fraction of sp³-hybridized carbons (Fsp3) is 0.533. The lowest BCUT2D eigenvalue weighted by atomic mass is 10.2. The highest BCUT2D eigenvalue weighted by molar-refractivity contribution is 5.92. The van der Waals surface area contributed by atoms with Gasteiger partial charge in [0.25, 0.3) is 0 Å². The van der Waals surface area contributed by atoms with E-state index in [2.05, 4.69) is 4.98 Å². The third-order valence-corrected chi connectivity index (χ3v) is 3.26. The number of carboxylic acid groups (broad SMARTS) is 1. The van der Waals surface area contributed by atoms with Crippen LogP contribution < -0.4 is 4.90 Å². The van der Waals surface area contributed by atoms with Crippen LogP contribution in [0.1, 0.15) is 31.3 Å². The quantitative estimate of drug-likeness (QED) is 0.897. The lowest BCUT2D eigenvalue weighted by Gasteiger charge is -2.36. The molecule has 1 aliphatic rings. The number of hydrogen-bond donors (Lipinski definition) is 1. The van der Waals surface area contributed by atoms with E-state index in [0.29, 0.717) is 31.9 Å². The topological polar surface area (TPSA) is 83.0 Å². The van der Waals surface area contributed by atoms with Crippen LogP contribution in [0.4, 0.5) is 10.5 Å². The highest BCUT2D eigenvalue weighted by atomic mass is 16.6. The second kappa shape index (κ2) is 6.21. The molecule has 0 saturated carbocycles. The Bertz CT molecular complexity index is 560. The fourth-order valence-corrected chi connectivity index (χ4v) is 2.27. The molecule has 0 spiro atoms. The number of nitrogens with zero attached hydrogens (tertiary/aromatic N) is 3. The Hall–Kier alpha value is -2.31. The number of ether oxygens (including phenoxy) is 1. The minimum Gasteiger partial charge on any atom is -0.476 e. The number of carbonyl (C=O) groups excluding carboxylic acids is 1. The van der Waals surface area contributed by atoms with Gasteiger partial charge in [0.05, 0.1) is 5.69 Å². The van der Waals surface area contributed by atoms with Gasteiger partial charge in [-0.2, -0.15) is 0 Å². The molecule has 0 radical (unpaired) electrons. The SMILES string of the molecule is CC(C)(C)OC(=O)N1CCN(c2cccnc2C(=O)O)CC1. The van der Waals surface area contributed by atoms with Gasteiger partial charge in [0.1, 0.15) is 5.60 Å². The number of anilines is 1. The molecule has 1 saturated heterocycles. The Morgan fingerprint density at radius 3 is 2.41 bits per heavy atom. The van der Waals surface area contributed by atoms with Crippen molar-refractivity contribution in [3.05, 3.63) is 24.0 Å². The largest absolute Gasteiger partial charge is 0.476 e. The van der Waals surface area contributed by atoms with E-state index in [-0.39, 0.29) is 11.8 Å². The molecule has 2 rings (SSSR count). The molecule has 0 unspecified atom stereocenters. The van der Waals surface area contributed by atoms with E-state index in [1.807, 2.05) is 25.7 Å². The first-order valence-corrected chi connectivity index (χ1v) is 7.19. The van der Waals surface area contributed by atoms with Crippen LogP contribution in [-0.4, -0.2) is 58.8 Å². The summed E-state index contributed by atoms with van der Waals surface area (Å²) in [6.45, 7) is 7.56. The van der Waals surface area contributed by atoms with Crippen LogP contribution in [0.3, 0.4) is 0 Å². The molecule has 1 amide bonds. The van der Waals surface area contributed by atoms with Crippen molar-refractivity contribution in [2.75, 3.05) is 31.1 Å². The van der Waals surface area contributed by atoms with Crippen molar-refractivity contribution in [3.63, 3.8) is 0 Å². The van der Waals surface area contributed by atoms with Gasteiger partial charge in [-0.15, -0.1) is 0 Å². The summed E-state index contributed by atoms with van der Waals surface area (Å²) >= 11 is 0. The van der Waals surface area contributed by atoms with Crippen LogP contribution in [0, 0.1) is 0 Å². The molecule has 1 aliphatic heterocycles. The molecule has 7 nitrogen and oxygen atoms in total. The molecule has 7 heteroatoms. The van der Waals surface area contributed by atoms with E-state index < -0.39 is 11.6 Å². The molecule has 1 fully saturated rings. The first kappa shape index (κ1) is 16.1. The molecule has 0 aliphatic carbocycles. The molecular formula is C15H21N3O4. The summed E-state index contributed by atoms with van der Waals surface area (Å²) in [6, 6.07) is 3.45. The summed E-state index contributed by atoms with van der Waals surface area (Å²) in [7, 11) is 0. The number of hydrogen-bond acceptors (Lipinski definition) is 5. The predicted octanol–water partition coefficient (Wildman–Crippen LogP) is 1.84. The molecule has 120 valence electrons. The van der Waals surface area contributed by atoms with Gasteiger partial charge in [-0.1, -0.05) is 0 Å². The number of rotatable bonds is 2. The molecular weight excluding hydrogens is 286 g/mol. The Balaban J connectivity index is 2.01. The van der Waals surface area contributed by atoms with Crippen molar-refractivity contribution < 1.29 is 19.4 Å². The van der Waals surface area contributed by atoms with Gasteiger partial charge < -0.3 is 19.6 Å². The fourth-order valence-electron chi connectivity index (χ4n) is 2.27. The van der Waals surface area contributed by atoms with Gasteiger partial charge in [-0.3, -0.25) is 0 Å². The van der Waals surface area contributed by atoms with E-state index in [4.69, 9.17) is 4.74 Å². The number of amides is 1. The number of piperazine rings is 1. The summed E-state index contributed by atoms with van der Waals surface area (Å²) in [5.41, 5.74) is 0.0978. The summed E-state index contributed by atoms with van der Waals surface area (Å²) in [5.74, 6) is -1.05. The average molecular weight is 307 g/mol. The van der Waals surface area contributed by atoms with Crippen LogP contribution in [0.25, 0.3) is 0 Å². The van der Waals surface area contributed by atoms with E-state index in [1.54, 1.807) is 17.0 Å². The normalized spacial score (nSPS) is 15.6. The summed E-state index contributed by atoms with van der Waals surface area (Å²) in [5, 5.41) is 9.19. The van der Waals surface area contributed by atoms with E-state index in [1.165, 1.54) is 6.20 Å². The van der Waals surface area contributed by atoms with Crippen molar-refractivity contribution in [3.8, 4) is 0 Å². The summed E-state index contributed by atoms with van der Waals surface area (Å²) in [6.07, 6.45) is 1.13. The molecule has 0 atom stereocenters. The molecule has 1 aromatic heterocycles. The minimum absolute atomic E-state index is 0.0354. The summed E-state index contributed by atoms with van der Waals surface area (Å²) in [4.78, 5) is 30.7. The highest BCUT2D eigenvalue weighted by Crippen LogP contribution is 2.20. The van der Waals surface area contributed by atoms with Gasteiger partial charge in [-0.25, -0.2) is 14.6 Å². The zero-order chi connectivity index (χ0) is 16.3. The van der Waals surface area contributed by atoms with Crippen LogP contribution in [0.5, 0.6) is 0 Å². The van der Waals surface area contributed by atoms with Crippen molar-refractivity contribution >= 4 is 17.7 Å². The molecule has 0 bridgehead atoms. The monoisotopic (exact) mass is 307 g/mol. The zero-order valence-electron chi connectivity index (χ0n) is 13.1. The summed E-state index contributed by atoms with van der Waals surface area (Å²) < 4.78 is 5.34. The maximum atomic E-state index is 12.0. The third-order valence-electron chi connectivity index (χ3n) is 3.26. The van der Waals surface area contributed by atoms with Crippen LogP contribution in [0.15, 0.2) is 18.3 Å². The van der Waals surface area contributed by atoms with Crippen molar-refractivity contribution in [1.29, 1.82) is 0 Å². The maximum Gasteiger partial charge on any atom is 0.410 e. The van der Waals surface area contributed by atoms with E-state index >= 15 is 0 Å². The highest BCUT2D eigenvalue weighted by Gasteiger charge is 2.27. The third kappa shape index (κ3) is 3.87. The van der Waals surface area contributed by atoms with Crippen LogP contribution in [-0.2, 0) is 4.74 Å². The zero-order valence-corrected chi connectivity index (χ0v) is 13.1. The Morgan fingerprint density at radius 1 is 1.23 bits per heavy atom. The second-order valence-electron chi connectivity index (χ2n) is 6.13. The maximum absolute atomic E-state index is 12.0. The van der Waals surface area contributed by atoms with E-state index in [9.17, 15) is 14.7 Å². The minimum atomic E-state index is -1.05. The Morgan fingerprint density at radius 2 is 1.86 bits per heavy atom. The number of pyridine rings is 1. The van der Waals surface area contributed by atoms with Crippen molar-refractivity contribution in [2.24, 2.45) is 0 Å². The number of carbonyl (C=O) groups is 2. The standard InChI is InChI=1S/C15H21N3O4/c1-15(2,3)22-14(21)18-9-7-17(8-10-18)11-5-4-6-16-12(11)13(19)20/h4-6H,7-10H2,1-3H3,(H,19,20). The van der Waals surface area contributed by atoms with Gasteiger partial charge in [-0.05, 0) is 32.9 Å². The van der Waals surface area contributed by atoms with E-state index in [0.717, 1.165) is 0 Å². The van der Waals surface area contributed by atoms with Gasteiger partial charge in [0.2, 0.25) is 0 Å². The molecule has 0 aromatic carbocycles. The Kier molecular flexibility index (Phi) is 4.54. The number of aromatic carboxylic acids is 1. The molecule has 1 N–H and O–H groups in total. The van der Waals surface area contributed by atoms with Crippen LogP contribution >= 0.6 is 0 Å². The lowest BCUT2D eigenvalue weighted by molar-refractivity contribution is 0.0240.